The standard InChI is InChI=1S/C12H15N5O2/c1-18-10-6-5-9(15-16-10)11-14-12(19-17-11)7-3-2-4-8(7)13/h5-8H,2-4,13H2,1H3. The Morgan fingerprint density at radius 3 is 2.84 bits per heavy atom. The summed E-state index contributed by atoms with van der Waals surface area (Å²) in [6, 6.07) is 3.56. The third kappa shape index (κ3) is 2.28. The molecule has 1 aliphatic carbocycles. The number of aromatic nitrogens is 4. The van der Waals surface area contributed by atoms with Crippen LogP contribution in [-0.4, -0.2) is 33.5 Å². The number of nitrogens with two attached hydrogens (primary N) is 1. The summed E-state index contributed by atoms with van der Waals surface area (Å²) in [5.41, 5.74) is 6.58. The Morgan fingerprint density at radius 2 is 2.21 bits per heavy atom. The Hall–Kier alpha value is -2.02. The highest BCUT2D eigenvalue weighted by atomic mass is 16.5. The maximum atomic E-state index is 6.02. The van der Waals surface area contributed by atoms with Crippen molar-refractivity contribution >= 4 is 0 Å². The zero-order valence-electron chi connectivity index (χ0n) is 10.6. The quantitative estimate of drug-likeness (QED) is 0.883. The van der Waals surface area contributed by atoms with Crippen LogP contribution in [0.1, 0.15) is 31.1 Å². The van der Waals surface area contributed by atoms with E-state index in [1.165, 1.54) is 7.11 Å². The minimum Gasteiger partial charge on any atom is -0.480 e. The number of ether oxygens (including phenoxy) is 1. The third-order valence-electron chi connectivity index (χ3n) is 3.41. The highest BCUT2D eigenvalue weighted by Crippen LogP contribution is 2.33. The fourth-order valence-electron chi connectivity index (χ4n) is 2.33. The van der Waals surface area contributed by atoms with Crippen LogP contribution >= 0.6 is 0 Å². The van der Waals surface area contributed by atoms with Gasteiger partial charge in [-0.3, -0.25) is 0 Å². The smallest absolute Gasteiger partial charge is 0.233 e. The summed E-state index contributed by atoms with van der Waals surface area (Å²) < 4.78 is 10.2. The molecule has 2 aromatic heterocycles. The van der Waals surface area contributed by atoms with Gasteiger partial charge in [0.2, 0.25) is 17.6 Å². The average molecular weight is 261 g/mol. The Bertz CT molecular complexity index is 554. The van der Waals surface area contributed by atoms with Gasteiger partial charge in [0.1, 0.15) is 5.69 Å². The van der Waals surface area contributed by atoms with Gasteiger partial charge >= 0.3 is 0 Å². The summed E-state index contributed by atoms with van der Waals surface area (Å²) in [5.74, 6) is 1.64. The van der Waals surface area contributed by atoms with E-state index in [0.717, 1.165) is 19.3 Å². The van der Waals surface area contributed by atoms with Crippen LogP contribution in [0.5, 0.6) is 5.88 Å². The van der Waals surface area contributed by atoms with Crippen molar-refractivity contribution in [2.75, 3.05) is 7.11 Å². The van der Waals surface area contributed by atoms with E-state index in [4.69, 9.17) is 15.0 Å². The Labute approximate surface area is 110 Å². The largest absolute Gasteiger partial charge is 0.480 e. The normalized spacial score (nSPS) is 22.6. The second kappa shape index (κ2) is 4.93. The molecular formula is C12H15N5O2. The van der Waals surface area contributed by atoms with Crippen molar-refractivity contribution in [2.45, 2.75) is 31.2 Å². The molecule has 1 aliphatic rings. The highest BCUT2D eigenvalue weighted by molar-refractivity contribution is 5.47. The van der Waals surface area contributed by atoms with Gasteiger partial charge in [-0.05, 0) is 18.9 Å². The fraction of sp³-hybridized carbons (Fsp3) is 0.500. The summed E-state index contributed by atoms with van der Waals surface area (Å²) in [7, 11) is 1.54. The molecule has 2 aromatic rings. The van der Waals surface area contributed by atoms with E-state index >= 15 is 0 Å². The van der Waals surface area contributed by atoms with Gasteiger partial charge in [0.25, 0.3) is 0 Å². The minimum atomic E-state index is 0.107. The number of nitrogens with zero attached hydrogens (tertiary/aromatic N) is 4. The fourth-order valence-corrected chi connectivity index (χ4v) is 2.33. The van der Waals surface area contributed by atoms with E-state index in [1.54, 1.807) is 12.1 Å². The van der Waals surface area contributed by atoms with E-state index < -0.39 is 0 Å². The summed E-state index contributed by atoms with van der Waals surface area (Å²) in [6.45, 7) is 0. The van der Waals surface area contributed by atoms with E-state index in [-0.39, 0.29) is 12.0 Å². The number of methoxy groups -OCH3 is 1. The lowest BCUT2D eigenvalue weighted by Gasteiger charge is -2.08. The molecule has 2 heterocycles. The molecule has 1 saturated carbocycles. The van der Waals surface area contributed by atoms with E-state index in [1.807, 2.05) is 0 Å². The molecule has 2 N–H and O–H groups in total. The maximum Gasteiger partial charge on any atom is 0.233 e. The second-order valence-electron chi connectivity index (χ2n) is 4.62. The summed E-state index contributed by atoms with van der Waals surface area (Å²) in [4.78, 5) is 4.37. The SMILES string of the molecule is COc1ccc(-c2noc(C3CCCC3N)n2)nn1. The van der Waals surface area contributed by atoms with E-state index in [9.17, 15) is 0 Å². The third-order valence-corrected chi connectivity index (χ3v) is 3.41. The van der Waals surface area contributed by atoms with Crippen molar-refractivity contribution in [3.05, 3.63) is 18.0 Å². The monoisotopic (exact) mass is 261 g/mol. The first kappa shape index (κ1) is 12.0. The molecule has 3 rings (SSSR count). The molecule has 0 bridgehead atoms. The van der Waals surface area contributed by atoms with Gasteiger partial charge in [0.15, 0.2) is 0 Å². The molecule has 0 spiro atoms. The molecule has 19 heavy (non-hydrogen) atoms. The molecule has 7 heteroatoms. The van der Waals surface area contributed by atoms with E-state index in [2.05, 4.69) is 20.3 Å². The van der Waals surface area contributed by atoms with E-state index in [0.29, 0.717) is 23.3 Å². The molecule has 7 nitrogen and oxygen atoms in total. The molecule has 100 valence electrons. The first-order valence-electron chi connectivity index (χ1n) is 6.25. The van der Waals surface area contributed by atoms with Crippen LogP contribution in [0.3, 0.4) is 0 Å². The molecule has 0 aliphatic heterocycles. The van der Waals surface area contributed by atoms with Crippen LogP contribution in [0, 0.1) is 0 Å². The van der Waals surface area contributed by atoms with Crippen LogP contribution < -0.4 is 10.5 Å². The maximum absolute atomic E-state index is 6.02. The Morgan fingerprint density at radius 1 is 1.32 bits per heavy atom. The van der Waals surface area contributed by atoms with Crippen LogP contribution in [0.15, 0.2) is 16.7 Å². The molecule has 1 fully saturated rings. The topological polar surface area (TPSA) is 100.0 Å². The van der Waals surface area contributed by atoms with Gasteiger partial charge in [0.05, 0.1) is 13.0 Å². The van der Waals surface area contributed by atoms with Crippen LogP contribution in [0.25, 0.3) is 11.5 Å². The van der Waals surface area contributed by atoms with Crippen molar-refractivity contribution in [1.82, 2.24) is 20.3 Å². The minimum absolute atomic E-state index is 0.107. The summed E-state index contributed by atoms with van der Waals surface area (Å²) in [6.07, 6.45) is 3.10. The first-order chi connectivity index (χ1) is 9.28. The molecular weight excluding hydrogens is 246 g/mol. The zero-order chi connectivity index (χ0) is 13.2. The van der Waals surface area contributed by atoms with Gasteiger partial charge in [0, 0.05) is 12.1 Å². The van der Waals surface area contributed by atoms with Crippen molar-refractivity contribution in [2.24, 2.45) is 5.73 Å². The number of rotatable bonds is 3. The van der Waals surface area contributed by atoms with Crippen molar-refractivity contribution < 1.29 is 9.26 Å². The Kier molecular flexibility index (Phi) is 3.12. The second-order valence-corrected chi connectivity index (χ2v) is 4.62. The number of hydrogen-bond acceptors (Lipinski definition) is 7. The van der Waals surface area contributed by atoms with Gasteiger partial charge < -0.3 is 15.0 Å². The summed E-state index contributed by atoms with van der Waals surface area (Å²) in [5, 5.41) is 11.8. The molecule has 0 radical (unpaired) electrons. The van der Waals surface area contributed by atoms with Gasteiger partial charge in [-0.2, -0.15) is 4.98 Å². The van der Waals surface area contributed by atoms with Crippen LogP contribution in [0.2, 0.25) is 0 Å². The van der Waals surface area contributed by atoms with Crippen LogP contribution in [-0.2, 0) is 0 Å². The predicted octanol–water partition coefficient (Wildman–Crippen LogP) is 1.13. The summed E-state index contributed by atoms with van der Waals surface area (Å²) >= 11 is 0. The van der Waals surface area contributed by atoms with Gasteiger partial charge in [-0.1, -0.05) is 11.6 Å². The predicted molar refractivity (Wildman–Crippen MR) is 66.4 cm³/mol. The molecule has 0 saturated heterocycles. The van der Waals surface area contributed by atoms with Crippen molar-refractivity contribution in [3.8, 4) is 17.4 Å². The van der Waals surface area contributed by atoms with Crippen molar-refractivity contribution in [1.29, 1.82) is 0 Å². The lowest BCUT2D eigenvalue weighted by Crippen LogP contribution is -2.22. The highest BCUT2D eigenvalue weighted by Gasteiger charge is 2.30. The Balaban J connectivity index is 1.83. The first-order valence-corrected chi connectivity index (χ1v) is 6.25. The van der Waals surface area contributed by atoms with Gasteiger partial charge in [-0.25, -0.2) is 0 Å². The molecule has 2 atom stereocenters. The average Bonchev–Trinajstić information content (AvgIpc) is 3.07. The molecule has 2 unspecified atom stereocenters. The lowest BCUT2D eigenvalue weighted by molar-refractivity contribution is 0.345. The zero-order valence-corrected chi connectivity index (χ0v) is 10.6. The number of hydrogen-bond donors (Lipinski definition) is 1. The lowest BCUT2D eigenvalue weighted by atomic mass is 10.1. The molecule has 0 aromatic carbocycles. The van der Waals surface area contributed by atoms with Crippen LogP contribution in [0.4, 0.5) is 0 Å². The van der Waals surface area contributed by atoms with Crippen molar-refractivity contribution in [3.63, 3.8) is 0 Å². The molecule has 0 amide bonds. The van der Waals surface area contributed by atoms with Gasteiger partial charge in [-0.15, -0.1) is 10.2 Å².